The molecule has 1 saturated heterocycles. The topological polar surface area (TPSA) is 72.6 Å². The van der Waals surface area contributed by atoms with Gasteiger partial charge in [0.1, 0.15) is 5.76 Å². The molecule has 0 amide bonds. The van der Waals surface area contributed by atoms with Crippen LogP contribution in [0.4, 0.5) is 8.78 Å². The van der Waals surface area contributed by atoms with Crippen molar-refractivity contribution in [3.8, 4) is 0 Å². The molecular weight excluding hydrogens is 366 g/mol. The summed E-state index contributed by atoms with van der Waals surface area (Å²) < 4.78 is 64.4. The van der Waals surface area contributed by atoms with Gasteiger partial charge < -0.3 is 9.15 Å². The van der Waals surface area contributed by atoms with E-state index in [-0.39, 0.29) is 23.9 Å². The Labute approximate surface area is 149 Å². The maximum absolute atomic E-state index is 13.4. The Morgan fingerprint density at radius 1 is 1.15 bits per heavy atom. The standard InChI is InChI=1S/C17H18F2N2O4S/c18-13-2-1-12(9-14(13)19)26(22,23)21-6-3-16-15(10-21)20-17(25-16)11-4-7-24-8-5-11/h1-2,9,11H,3-8,10H2. The lowest BCUT2D eigenvalue weighted by molar-refractivity contribution is 0.0791. The molecule has 1 aromatic heterocycles. The molecule has 0 bridgehead atoms. The normalized spacial score (nSPS) is 19.5. The zero-order valence-corrected chi connectivity index (χ0v) is 14.8. The molecule has 1 aromatic carbocycles. The van der Waals surface area contributed by atoms with Crippen LogP contribution in [0.25, 0.3) is 0 Å². The minimum absolute atomic E-state index is 0.0589. The van der Waals surface area contributed by atoms with Gasteiger partial charge in [-0.15, -0.1) is 0 Å². The van der Waals surface area contributed by atoms with Gasteiger partial charge in [-0.3, -0.25) is 0 Å². The molecule has 1 fully saturated rings. The quantitative estimate of drug-likeness (QED) is 0.813. The van der Waals surface area contributed by atoms with Crippen LogP contribution in [-0.2, 0) is 27.7 Å². The summed E-state index contributed by atoms with van der Waals surface area (Å²) in [6.07, 6.45) is 2.06. The van der Waals surface area contributed by atoms with E-state index in [2.05, 4.69) is 4.98 Å². The third-order valence-electron chi connectivity index (χ3n) is 4.81. The fourth-order valence-corrected chi connectivity index (χ4v) is 4.72. The lowest BCUT2D eigenvalue weighted by Crippen LogP contribution is -2.35. The molecule has 3 heterocycles. The molecule has 6 nitrogen and oxygen atoms in total. The van der Waals surface area contributed by atoms with E-state index in [1.165, 1.54) is 4.31 Å². The van der Waals surface area contributed by atoms with Crippen molar-refractivity contribution in [1.29, 1.82) is 0 Å². The SMILES string of the molecule is O=S(=O)(c1ccc(F)c(F)c1)N1CCc2oc(C3CCOCC3)nc2C1. The van der Waals surface area contributed by atoms with Gasteiger partial charge in [-0.2, -0.15) is 4.31 Å². The summed E-state index contributed by atoms with van der Waals surface area (Å²) in [4.78, 5) is 4.23. The Bertz CT molecular complexity index is 923. The summed E-state index contributed by atoms with van der Waals surface area (Å²) in [6, 6.07) is 2.59. The molecule has 2 aromatic rings. The lowest BCUT2D eigenvalue weighted by Gasteiger charge is -2.24. The number of hydrogen-bond donors (Lipinski definition) is 0. The predicted octanol–water partition coefficient (Wildman–Crippen LogP) is 2.59. The van der Waals surface area contributed by atoms with Gasteiger partial charge in [0.25, 0.3) is 0 Å². The van der Waals surface area contributed by atoms with Crippen LogP contribution < -0.4 is 0 Å². The molecule has 2 aliphatic heterocycles. The molecule has 2 aliphatic rings. The molecule has 26 heavy (non-hydrogen) atoms. The molecule has 140 valence electrons. The maximum atomic E-state index is 13.4. The number of halogens is 2. The first-order valence-corrected chi connectivity index (χ1v) is 9.90. The van der Waals surface area contributed by atoms with Crippen molar-refractivity contribution >= 4 is 10.0 Å². The monoisotopic (exact) mass is 384 g/mol. The van der Waals surface area contributed by atoms with Gasteiger partial charge in [-0.1, -0.05) is 0 Å². The van der Waals surface area contributed by atoms with E-state index in [1.54, 1.807) is 0 Å². The molecule has 0 unspecified atom stereocenters. The molecule has 9 heteroatoms. The first-order chi connectivity index (χ1) is 12.4. The number of aromatic nitrogens is 1. The Balaban J connectivity index is 1.57. The molecule has 0 atom stereocenters. The third-order valence-corrected chi connectivity index (χ3v) is 6.65. The first-order valence-electron chi connectivity index (χ1n) is 8.46. The van der Waals surface area contributed by atoms with Crippen LogP contribution in [0, 0.1) is 11.6 Å². The van der Waals surface area contributed by atoms with E-state index in [0.29, 0.717) is 43.0 Å². The highest BCUT2D eigenvalue weighted by molar-refractivity contribution is 7.89. The average molecular weight is 384 g/mol. The fourth-order valence-electron chi connectivity index (χ4n) is 3.31. The lowest BCUT2D eigenvalue weighted by atomic mass is 10.0. The van der Waals surface area contributed by atoms with Gasteiger partial charge in [0.05, 0.1) is 17.1 Å². The van der Waals surface area contributed by atoms with Crippen LogP contribution in [0.3, 0.4) is 0 Å². The van der Waals surface area contributed by atoms with E-state index in [4.69, 9.17) is 9.15 Å². The average Bonchev–Trinajstić information content (AvgIpc) is 3.08. The second-order valence-electron chi connectivity index (χ2n) is 6.47. The first kappa shape index (κ1) is 17.6. The second-order valence-corrected chi connectivity index (χ2v) is 8.41. The summed E-state index contributed by atoms with van der Waals surface area (Å²) in [6.45, 7) is 1.59. The van der Waals surface area contributed by atoms with Crippen LogP contribution in [0.5, 0.6) is 0 Å². The van der Waals surface area contributed by atoms with Crippen LogP contribution in [0.15, 0.2) is 27.5 Å². The Morgan fingerprint density at radius 2 is 1.92 bits per heavy atom. The van der Waals surface area contributed by atoms with Gasteiger partial charge in [-0.05, 0) is 31.0 Å². The minimum atomic E-state index is -3.93. The summed E-state index contributed by atoms with van der Waals surface area (Å²) in [5, 5.41) is 0. The molecule has 4 rings (SSSR count). The van der Waals surface area contributed by atoms with Crippen molar-refractivity contribution in [3.05, 3.63) is 47.2 Å². The van der Waals surface area contributed by atoms with E-state index in [9.17, 15) is 17.2 Å². The minimum Gasteiger partial charge on any atom is -0.445 e. The van der Waals surface area contributed by atoms with Gasteiger partial charge in [0, 0.05) is 32.1 Å². The number of benzene rings is 1. The van der Waals surface area contributed by atoms with Crippen molar-refractivity contribution in [1.82, 2.24) is 9.29 Å². The van der Waals surface area contributed by atoms with Gasteiger partial charge >= 0.3 is 0 Å². The number of nitrogens with zero attached hydrogens (tertiary/aromatic N) is 2. The molecule has 0 saturated carbocycles. The van der Waals surface area contributed by atoms with Crippen molar-refractivity contribution in [2.24, 2.45) is 0 Å². The maximum Gasteiger partial charge on any atom is 0.243 e. The van der Waals surface area contributed by atoms with Crippen LogP contribution in [0.2, 0.25) is 0 Å². The smallest absolute Gasteiger partial charge is 0.243 e. The number of ether oxygens (including phenoxy) is 1. The number of fused-ring (bicyclic) bond motifs is 1. The second kappa shape index (κ2) is 6.71. The molecule has 0 aliphatic carbocycles. The van der Waals surface area contributed by atoms with E-state index in [1.807, 2.05) is 0 Å². The molecule has 0 spiro atoms. The molecule has 0 N–H and O–H groups in total. The number of oxazole rings is 1. The zero-order valence-electron chi connectivity index (χ0n) is 14.0. The van der Waals surface area contributed by atoms with Crippen molar-refractivity contribution in [3.63, 3.8) is 0 Å². The van der Waals surface area contributed by atoms with E-state index < -0.39 is 21.7 Å². The zero-order chi connectivity index (χ0) is 18.3. The molecule has 0 radical (unpaired) electrons. The number of sulfonamides is 1. The number of hydrogen-bond acceptors (Lipinski definition) is 5. The fraction of sp³-hybridized carbons (Fsp3) is 0.471. The van der Waals surface area contributed by atoms with Gasteiger partial charge in [-0.25, -0.2) is 22.2 Å². The van der Waals surface area contributed by atoms with Crippen LogP contribution in [-0.4, -0.2) is 37.5 Å². The van der Waals surface area contributed by atoms with Crippen LogP contribution in [0.1, 0.15) is 36.1 Å². The Hall–Kier alpha value is -1.84. The molecular formula is C17H18F2N2O4S. The third kappa shape index (κ3) is 3.15. The van der Waals surface area contributed by atoms with E-state index >= 15 is 0 Å². The summed E-state index contributed by atoms with van der Waals surface area (Å²) >= 11 is 0. The summed E-state index contributed by atoms with van der Waals surface area (Å²) in [5.41, 5.74) is 0.587. The largest absolute Gasteiger partial charge is 0.445 e. The van der Waals surface area contributed by atoms with Crippen molar-refractivity contribution in [2.45, 2.75) is 36.6 Å². The highest BCUT2D eigenvalue weighted by Crippen LogP contribution is 2.31. The number of rotatable bonds is 3. The highest BCUT2D eigenvalue weighted by Gasteiger charge is 2.33. The van der Waals surface area contributed by atoms with Crippen LogP contribution >= 0.6 is 0 Å². The summed E-state index contributed by atoms with van der Waals surface area (Å²) in [7, 11) is -3.93. The van der Waals surface area contributed by atoms with Gasteiger partial charge in [0.2, 0.25) is 10.0 Å². The van der Waals surface area contributed by atoms with Crippen molar-refractivity contribution < 1.29 is 26.4 Å². The Morgan fingerprint density at radius 3 is 2.65 bits per heavy atom. The predicted molar refractivity (Wildman–Crippen MR) is 87.0 cm³/mol. The highest BCUT2D eigenvalue weighted by atomic mass is 32.2. The van der Waals surface area contributed by atoms with Crippen molar-refractivity contribution in [2.75, 3.05) is 19.8 Å². The Kier molecular flexibility index (Phi) is 4.54. The van der Waals surface area contributed by atoms with Gasteiger partial charge in [0.15, 0.2) is 17.5 Å². The summed E-state index contributed by atoms with van der Waals surface area (Å²) in [5.74, 6) is -0.756. The van der Waals surface area contributed by atoms with E-state index in [0.717, 1.165) is 25.0 Å².